The van der Waals surface area contributed by atoms with Crippen LogP contribution in [0.4, 0.5) is 4.39 Å². The summed E-state index contributed by atoms with van der Waals surface area (Å²) in [6.07, 6.45) is -0.455. The molecule has 2 unspecified atom stereocenters. The van der Waals surface area contributed by atoms with Gasteiger partial charge in [0.05, 0.1) is 12.1 Å². The summed E-state index contributed by atoms with van der Waals surface area (Å²) >= 11 is 5.95. The Kier molecular flexibility index (Phi) is 8.21. The first-order valence-corrected chi connectivity index (χ1v) is 11.9. The maximum Gasteiger partial charge on any atom is 0.161 e. The summed E-state index contributed by atoms with van der Waals surface area (Å²) in [6, 6.07) is 20.7. The summed E-state index contributed by atoms with van der Waals surface area (Å²) in [4.78, 5) is 16.2. The zero-order valence-corrected chi connectivity index (χ0v) is 20.3. The number of nitrogens with zero attached hydrogens (tertiary/aromatic N) is 2. The highest BCUT2D eigenvalue weighted by Crippen LogP contribution is 2.30. The molecule has 5 nitrogen and oxygen atoms in total. The molecule has 2 atom stereocenters. The molecule has 3 aromatic rings. The average Bonchev–Trinajstić information content (AvgIpc) is 2.86. The van der Waals surface area contributed by atoms with Crippen LogP contribution in [-0.2, 0) is 11.3 Å². The molecule has 4 rings (SSSR count). The second kappa shape index (κ2) is 11.5. The van der Waals surface area contributed by atoms with Gasteiger partial charge in [-0.1, -0.05) is 53.6 Å². The smallest absolute Gasteiger partial charge is 0.161 e. The highest BCUT2D eigenvalue weighted by Gasteiger charge is 2.34. The van der Waals surface area contributed by atoms with E-state index in [2.05, 4.69) is 10.8 Å². The number of piperazine rings is 1. The van der Waals surface area contributed by atoms with Gasteiger partial charge in [-0.2, -0.15) is 0 Å². The topological polar surface area (TPSA) is 53.0 Å². The fourth-order valence-electron chi connectivity index (χ4n) is 4.27. The number of benzene rings is 3. The van der Waals surface area contributed by atoms with Crippen molar-refractivity contribution in [1.29, 1.82) is 0 Å². The number of aliphatic hydroxyl groups is 1. The zero-order valence-electron chi connectivity index (χ0n) is 19.5. The number of ether oxygens (including phenoxy) is 1. The van der Waals surface area contributed by atoms with Crippen molar-refractivity contribution in [2.24, 2.45) is 0 Å². The van der Waals surface area contributed by atoms with Crippen LogP contribution in [-0.4, -0.2) is 46.7 Å². The summed E-state index contributed by atoms with van der Waals surface area (Å²) in [5.74, 6) is 2.47. The van der Waals surface area contributed by atoms with Gasteiger partial charge in [0, 0.05) is 24.7 Å². The Labute approximate surface area is 210 Å². The van der Waals surface area contributed by atoms with Gasteiger partial charge in [0.15, 0.2) is 6.73 Å². The van der Waals surface area contributed by atoms with Crippen LogP contribution in [0.15, 0.2) is 78.5 Å². The van der Waals surface area contributed by atoms with E-state index in [1.807, 2.05) is 36.1 Å². The monoisotopic (exact) mass is 494 g/mol. The third kappa shape index (κ3) is 6.50. The minimum atomic E-state index is -0.767. The lowest BCUT2D eigenvalue weighted by Gasteiger charge is -2.43. The van der Waals surface area contributed by atoms with Crippen molar-refractivity contribution in [3.8, 4) is 5.75 Å². The summed E-state index contributed by atoms with van der Waals surface area (Å²) in [7, 11) is 0. The van der Waals surface area contributed by atoms with Crippen LogP contribution in [0.5, 0.6) is 5.75 Å². The van der Waals surface area contributed by atoms with Crippen molar-refractivity contribution in [2.45, 2.75) is 32.0 Å². The first-order chi connectivity index (χ1) is 16.9. The Morgan fingerprint density at radius 2 is 1.74 bits per heavy atom. The van der Waals surface area contributed by atoms with Crippen molar-refractivity contribution in [3.63, 3.8) is 0 Å². The molecule has 1 aliphatic rings. The number of aryl methyl sites for hydroxylation is 1. The molecule has 1 aliphatic heterocycles. The summed E-state index contributed by atoms with van der Waals surface area (Å²) in [6.45, 7) is 3.87. The number of hydrogen-bond donors (Lipinski definition) is 1. The molecule has 1 fully saturated rings. The first-order valence-electron chi connectivity index (χ1n) is 11.5. The van der Waals surface area contributed by atoms with E-state index in [4.69, 9.17) is 16.3 Å². The highest BCUT2D eigenvalue weighted by molar-refractivity contribution is 6.30. The lowest BCUT2D eigenvalue weighted by atomic mass is 9.96. The van der Waals surface area contributed by atoms with Crippen LogP contribution in [0.3, 0.4) is 0 Å². The fourth-order valence-corrected chi connectivity index (χ4v) is 4.40. The van der Waals surface area contributed by atoms with Gasteiger partial charge in [-0.05, 0) is 60.9 Å². The van der Waals surface area contributed by atoms with Crippen LogP contribution in [0.2, 0.25) is 5.02 Å². The largest absolute Gasteiger partial charge is 0.473 e. The summed E-state index contributed by atoms with van der Waals surface area (Å²) in [5, 5.41) is 11.7. The molecule has 0 amide bonds. The summed E-state index contributed by atoms with van der Waals surface area (Å²) in [5.41, 5.74) is 3.25. The van der Waals surface area contributed by atoms with Gasteiger partial charge >= 0.3 is 0 Å². The summed E-state index contributed by atoms with van der Waals surface area (Å²) < 4.78 is 19.3. The van der Waals surface area contributed by atoms with Gasteiger partial charge in [0.25, 0.3) is 0 Å². The van der Waals surface area contributed by atoms with E-state index in [1.54, 1.807) is 36.4 Å². The minimum Gasteiger partial charge on any atom is -0.473 e. The molecule has 1 heterocycles. The number of halogens is 2. The molecular weight excluding hydrogens is 467 g/mol. The van der Waals surface area contributed by atoms with Gasteiger partial charge in [0.2, 0.25) is 0 Å². The number of carbonyl (C=O) groups excluding carboxylic acids is 1. The van der Waals surface area contributed by atoms with Crippen LogP contribution >= 0.6 is 11.6 Å². The van der Waals surface area contributed by atoms with Crippen LogP contribution < -0.4 is 4.74 Å². The van der Waals surface area contributed by atoms with E-state index < -0.39 is 12.1 Å². The lowest BCUT2D eigenvalue weighted by molar-refractivity contribution is 0.0409. The molecular formula is C28H28ClFN2O3. The third-order valence-electron chi connectivity index (χ3n) is 6.27. The molecule has 0 aliphatic carbocycles. The van der Waals surface area contributed by atoms with Crippen molar-refractivity contribution in [3.05, 3.63) is 106 Å². The standard InChI is InChI=1S/C28H28ClFN2O3/c1-20-2-6-22(7-3-20)28(34)16-26-27(18-33)32(19-35-25-12-8-23(29)9-13-25)15-14-31(26)17-21-4-10-24(30)11-5-21/h2-13,26,28,34H,14-17,19H2,1H3. The SMILES string of the molecule is Cc1ccc(C(O)CC2C(=C=O)N(COc3ccc(Cl)cc3)CCN2Cc2ccc(F)cc2)cc1. The fraction of sp³-hybridized carbons (Fsp3) is 0.286. The van der Waals surface area contributed by atoms with Gasteiger partial charge < -0.3 is 14.7 Å². The Morgan fingerprint density at radius 1 is 1.06 bits per heavy atom. The van der Waals surface area contributed by atoms with E-state index in [0.717, 1.165) is 16.7 Å². The van der Waals surface area contributed by atoms with Crippen molar-refractivity contribution < 1.29 is 19.0 Å². The highest BCUT2D eigenvalue weighted by atomic mass is 35.5. The predicted molar refractivity (Wildman–Crippen MR) is 134 cm³/mol. The second-order valence-corrected chi connectivity index (χ2v) is 9.19. The molecule has 1 saturated heterocycles. The molecule has 0 spiro atoms. The van der Waals surface area contributed by atoms with Crippen molar-refractivity contribution >= 4 is 17.5 Å². The number of hydrogen-bond acceptors (Lipinski definition) is 5. The Bertz CT molecular complexity index is 1160. The molecule has 0 saturated carbocycles. The van der Waals surface area contributed by atoms with Crippen LogP contribution in [0, 0.1) is 12.7 Å². The van der Waals surface area contributed by atoms with Gasteiger partial charge in [-0.15, -0.1) is 0 Å². The number of rotatable bonds is 8. The van der Waals surface area contributed by atoms with Crippen molar-refractivity contribution in [2.75, 3.05) is 19.8 Å². The van der Waals surface area contributed by atoms with E-state index >= 15 is 0 Å². The van der Waals surface area contributed by atoms with E-state index in [-0.39, 0.29) is 12.5 Å². The molecule has 7 heteroatoms. The molecule has 0 radical (unpaired) electrons. The third-order valence-corrected chi connectivity index (χ3v) is 6.52. The molecule has 35 heavy (non-hydrogen) atoms. The molecule has 1 N–H and O–H groups in total. The van der Waals surface area contributed by atoms with E-state index in [1.165, 1.54) is 12.1 Å². The van der Waals surface area contributed by atoms with E-state index in [0.29, 0.717) is 42.5 Å². The van der Waals surface area contributed by atoms with Crippen LogP contribution in [0.1, 0.15) is 29.2 Å². The van der Waals surface area contributed by atoms with E-state index in [9.17, 15) is 14.3 Å². The Balaban J connectivity index is 1.54. The lowest BCUT2D eigenvalue weighted by Crippen LogP contribution is -2.52. The molecule has 3 aromatic carbocycles. The maximum absolute atomic E-state index is 13.4. The van der Waals surface area contributed by atoms with Gasteiger partial charge in [-0.25, -0.2) is 9.18 Å². The zero-order chi connectivity index (χ0) is 24.8. The van der Waals surface area contributed by atoms with Gasteiger partial charge in [-0.3, -0.25) is 4.90 Å². The minimum absolute atomic E-state index is 0.174. The first kappa shape index (κ1) is 25.0. The Morgan fingerprint density at radius 3 is 2.40 bits per heavy atom. The Hall–Kier alpha value is -3.15. The quantitative estimate of drug-likeness (QED) is 0.439. The normalized spacial score (nSPS) is 17.2. The second-order valence-electron chi connectivity index (χ2n) is 8.75. The predicted octanol–water partition coefficient (Wildman–Crippen LogP) is 5.15. The van der Waals surface area contributed by atoms with Gasteiger partial charge in [0.1, 0.15) is 23.2 Å². The molecule has 182 valence electrons. The molecule has 0 aromatic heterocycles. The molecule has 0 bridgehead atoms. The van der Waals surface area contributed by atoms with Crippen molar-refractivity contribution in [1.82, 2.24) is 9.80 Å². The van der Waals surface area contributed by atoms with Crippen LogP contribution in [0.25, 0.3) is 0 Å². The average molecular weight is 495 g/mol. The number of aliphatic hydroxyl groups excluding tert-OH is 1. The maximum atomic E-state index is 13.4.